The van der Waals surface area contributed by atoms with Gasteiger partial charge in [0.05, 0.1) is 0 Å². The molecule has 0 aliphatic rings. The summed E-state index contributed by atoms with van der Waals surface area (Å²) < 4.78 is 0. The Hall–Kier alpha value is 0.0900. The predicted molar refractivity (Wildman–Crippen MR) is 42.4 cm³/mol. The van der Waals surface area contributed by atoms with Crippen molar-refractivity contribution in [2.75, 3.05) is 11.5 Å². The van der Waals surface area contributed by atoms with Crippen molar-refractivity contribution in [2.24, 2.45) is 0 Å². The lowest BCUT2D eigenvalue weighted by Gasteiger charge is -1.94. The first-order chi connectivity index (χ1) is 3.81. The molecule has 0 N–H and O–H groups in total. The molecule has 0 nitrogen and oxygen atoms in total. The molecule has 0 aromatic rings. The van der Waals surface area contributed by atoms with E-state index in [1.807, 2.05) is 11.8 Å². The summed E-state index contributed by atoms with van der Waals surface area (Å²) in [5, 5.41) is 0. The highest BCUT2D eigenvalue weighted by Gasteiger charge is 1.83. The molecule has 0 rings (SSSR count). The van der Waals surface area contributed by atoms with E-state index in [-0.39, 0.29) is 0 Å². The number of hydrogen-bond donors (Lipinski definition) is 0. The topological polar surface area (TPSA) is 0 Å². The highest BCUT2D eigenvalue weighted by atomic mass is 32.2. The predicted octanol–water partition coefficient (Wildman–Crippen LogP) is 2.71. The van der Waals surface area contributed by atoms with Crippen LogP contribution in [0.25, 0.3) is 0 Å². The van der Waals surface area contributed by atoms with Gasteiger partial charge in [0.25, 0.3) is 0 Å². The number of rotatable bonds is 3. The molecule has 0 heterocycles. The summed E-state index contributed by atoms with van der Waals surface area (Å²) in [5.74, 6) is 2.43. The van der Waals surface area contributed by atoms with E-state index in [0.717, 1.165) is 0 Å². The van der Waals surface area contributed by atoms with Gasteiger partial charge in [0.2, 0.25) is 0 Å². The molecule has 0 aromatic heterocycles. The molecule has 0 saturated heterocycles. The van der Waals surface area contributed by atoms with Gasteiger partial charge in [-0.05, 0) is 19.6 Å². The second-order valence-corrected chi connectivity index (χ2v) is 3.05. The minimum absolute atomic E-state index is 1.20. The number of hydrogen-bond acceptors (Lipinski definition) is 1. The SMILES string of the molecule is CC=C(C)CSCC. The molecule has 0 unspecified atom stereocenters. The van der Waals surface area contributed by atoms with Gasteiger partial charge in [-0.25, -0.2) is 0 Å². The third-order valence-electron chi connectivity index (χ3n) is 1.03. The first kappa shape index (κ1) is 8.09. The van der Waals surface area contributed by atoms with Gasteiger partial charge in [-0.3, -0.25) is 0 Å². The maximum Gasteiger partial charge on any atom is 0.0140 e. The Morgan fingerprint density at radius 2 is 2.25 bits per heavy atom. The summed E-state index contributed by atoms with van der Waals surface area (Å²) in [6, 6.07) is 0. The Balaban J connectivity index is 3.12. The van der Waals surface area contributed by atoms with Crippen LogP contribution in [0.4, 0.5) is 0 Å². The van der Waals surface area contributed by atoms with Crippen LogP contribution in [0.2, 0.25) is 0 Å². The van der Waals surface area contributed by atoms with Crippen LogP contribution in [-0.2, 0) is 0 Å². The zero-order chi connectivity index (χ0) is 6.41. The molecule has 0 saturated carbocycles. The second-order valence-electron chi connectivity index (χ2n) is 1.77. The van der Waals surface area contributed by atoms with Crippen molar-refractivity contribution in [1.29, 1.82) is 0 Å². The molecule has 1 heteroatoms. The molecule has 0 radical (unpaired) electrons. The Kier molecular flexibility index (Phi) is 5.29. The van der Waals surface area contributed by atoms with Crippen LogP contribution in [0.15, 0.2) is 11.6 Å². The van der Waals surface area contributed by atoms with Crippen molar-refractivity contribution < 1.29 is 0 Å². The fourth-order valence-corrected chi connectivity index (χ4v) is 1.04. The van der Waals surface area contributed by atoms with E-state index >= 15 is 0 Å². The van der Waals surface area contributed by atoms with E-state index < -0.39 is 0 Å². The van der Waals surface area contributed by atoms with Crippen LogP contribution in [0, 0.1) is 0 Å². The summed E-state index contributed by atoms with van der Waals surface area (Å²) in [4.78, 5) is 0. The molecule has 0 spiro atoms. The first-order valence-electron chi connectivity index (χ1n) is 3.00. The fraction of sp³-hybridized carbons (Fsp3) is 0.714. The van der Waals surface area contributed by atoms with Gasteiger partial charge in [0.15, 0.2) is 0 Å². The van der Waals surface area contributed by atoms with Crippen molar-refractivity contribution in [3.05, 3.63) is 11.6 Å². The molecule has 0 aliphatic carbocycles. The molecule has 8 heavy (non-hydrogen) atoms. The van der Waals surface area contributed by atoms with Crippen LogP contribution < -0.4 is 0 Å². The summed E-state index contributed by atoms with van der Waals surface area (Å²) in [6.45, 7) is 6.45. The fourth-order valence-electron chi connectivity index (χ4n) is 0.346. The van der Waals surface area contributed by atoms with E-state index in [0.29, 0.717) is 0 Å². The van der Waals surface area contributed by atoms with Crippen molar-refractivity contribution in [3.8, 4) is 0 Å². The smallest absolute Gasteiger partial charge is 0.0140 e. The molecule has 48 valence electrons. The minimum Gasteiger partial charge on any atom is -0.158 e. The lowest BCUT2D eigenvalue weighted by Crippen LogP contribution is -1.79. The van der Waals surface area contributed by atoms with Crippen LogP contribution in [0.5, 0.6) is 0 Å². The summed E-state index contributed by atoms with van der Waals surface area (Å²) >= 11 is 1.97. The molecule has 0 amide bonds. The molecular formula is C7H14S. The van der Waals surface area contributed by atoms with Crippen molar-refractivity contribution in [3.63, 3.8) is 0 Å². The summed E-state index contributed by atoms with van der Waals surface area (Å²) in [5.41, 5.74) is 1.48. The van der Waals surface area contributed by atoms with Crippen LogP contribution in [-0.4, -0.2) is 11.5 Å². The van der Waals surface area contributed by atoms with E-state index in [2.05, 4.69) is 26.8 Å². The van der Waals surface area contributed by atoms with Crippen LogP contribution >= 0.6 is 11.8 Å². The molecule has 0 aliphatic heterocycles. The van der Waals surface area contributed by atoms with Crippen molar-refractivity contribution in [2.45, 2.75) is 20.8 Å². The molecule has 0 bridgehead atoms. The number of thioether (sulfide) groups is 1. The summed E-state index contributed by atoms with van der Waals surface area (Å²) in [7, 11) is 0. The second kappa shape index (κ2) is 5.23. The van der Waals surface area contributed by atoms with Gasteiger partial charge in [-0.2, -0.15) is 11.8 Å². The zero-order valence-electron chi connectivity index (χ0n) is 5.90. The van der Waals surface area contributed by atoms with E-state index in [4.69, 9.17) is 0 Å². The third kappa shape index (κ3) is 4.25. The molecular weight excluding hydrogens is 116 g/mol. The van der Waals surface area contributed by atoms with E-state index in [1.54, 1.807) is 0 Å². The Bertz CT molecular complexity index is 74.5. The van der Waals surface area contributed by atoms with Gasteiger partial charge in [-0.1, -0.05) is 18.6 Å². The Labute approximate surface area is 56.4 Å². The highest BCUT2D eigenvalue weighted by Crippen LogP contribution is 2.04. The lowest BCUT2D eigenvalue weighted by atomic mass is 10.3. The standard InChI is InChI=1S/C7H14S/c1-4-7(3)6-8-5-2/h4H,5-6H2,1-3H3. The van der Waals surface area contributed by atoms with E-state index in [9.17, 15) is 0 Å². The minimum atomic E-state index is 1.20. The lowest BCUT2D eigenvalue weighted by molar-refractivity contribution is 1.37. The monoisotopic (exact) mass is 130 g/mol. The average Bonchev–Trinajstić information content (AvgIpc) is 1.83. The average molecular weight is 130 g/mol. The van der Waals surface area contributed by atoms with E-state index in [1.165, 1.54) is 17.1 Å². The maximum atomic E-state index is 2.19. The van der Waals surface area contributed by atoms with Gasteiger partial charge < -0.3 is 0 Å². The Morgan fingerprint density at radius 3 is 2.62 bits per heavy atom. The zero-order valence-corrected chi connectivity index (χ0v) is 6.72. The van der Waals surface area contributed by atoms with Gasteiger partial charge in [0.1, 0.15) is 0 Å². The summed E-state index contributed by atoms with van der Waals surface area (Å²) in [6.07, 6.45) is 2.17. The maximum absolute atomic E-state index is 2.19. The molecule has 0 fully saturated rings. The van der Waals surface area contributed by atoms with Gasteiger partial charge >= 0.3 is 0 Å². The number of allylic oxidation sites excluding steroid dienone is 1. The van der Waals surface area contributed by atoms with Crippen molar-refractivity contribution >= 4 is 11.8 Å². The van der Waals surface area contributed by atoms with Gasteiger partial charge in [-0.15, -0.1) is 0 Å². The Morgan fingerprint density at radius 1 is 1.62 bits per heavy atom. The normalized spacial score (nSPS) is 12.1. The molecule has 0 aromatic carbocycles. The first-order valence-corrected chi connectivity index (χ1v) is 4.16. The van der Waals surface area contributed by atoms with Crippen molar-refractivity contribution in [1.82, 2.24) is 0 Å². The molecule has 0 atom stereocenters. The largest absolute Gasteiger partial charge is 0.158 e. The third-order valence-corrected chi connectivity index (χ3v) is 2.09. The quantitative estimate of drug-likeness (QED) is 0.529. The van der Waals surface area contributed by atoms with Crippen LogP contribution in [0.1, 0.15) is 20.8 Å². The van der Waals surface area contributed by atoms with Crippen LogP contribution in [0.3, 0.4) is 0 Å². The highest BCUT2D eigenvalue weighted by molar-refractivity contribution is 7.99. The van der Waals surface area contributed by atoms with Gasteiger partial charge in [0, 0.05) is 5.75 Å².